The highest BCUT2D eigenvalue weighted by Crippen LogP contribution is 2.32. The van der Waals surface area contributed by atoms with Crippen LogP contribution in [0.25, 0.3) is 33.8 Å². The van der Waals surface area contributed by atoms with Crippen LogP contribution in [-0.2, 0) is 0 Å². The highest BCUT2D eigenvalue weighted by molar-refractivity contribution is 5.83. The molecule has 0 aliphatic carbocycles. The maximum Gasteiger partial charge on any atom is 0.157 e. The van der Waals surface area contributed by atoms with Crippen LogP contribution < -0.4 is 0 Å². The minimum absolute atomic E-state index is 0.821. The molecule has 0 spiro atoms. The minimum Gasteiger partial charge on any atom is -0.339 e. The Morgan fingerprint density at radius 3 is 2.48 bits per heavy atom. The molecule has 2 heterocycles. The Morgan fingerprint density at radius 1 is 0.870 bits per heavy atom. The first-order valence-electron chi connectivity index (χ1n) is 7.71. The van der Waals surface area contributed by atoms with Crippen LogP contribution in [0.15, 0.2) is 42.5 Å². The van der Waals surface area contributed by atoms with Crippen molar-refractivity contribution in [3.8, 4) is 22.8 Å². The molecule has 0 bridgehead atoms. The fourth-order valence-corrected chi connectivity index (χ4v) is 3.01. The van der Waals surface area contributed by atoms with Crippen molar-refractivity contribution in [2.24, 2.45) is 0 Å². The normalized spacial score (nSPS) is 11.3. The monoisotopic (exact) mass is 302 g/mol. The molecule has 2 aromatic carbocycles. The summed E-state index contributed by atoms with van der Waals surface area (Å²) in [4.78, 5) is 16.1. The molecule has 2 aromatic heterocycles. The molecular weight excluding hydrogens is 284 g/mol. The highest BCUT2D eigenvalue weighted by atomic mass is 15.0. The van der Waals surface area contributed by atoms with Crippen LogP contribution in [0.5, 0.6) is 0 Å². The number of nitrogens with one attached hydrogen (secondary N) is 2. The first-order valence-corrected chi connectivity index (χ1v) is 7.71. The average molecular weight is 302 g/mol. The van der Waals surface area contributed by atoms with Gasteiger partial charge in [-0.3, -0.25) is 0 Å². The zero-order chi connectivity index (χ0) is 16.0. The maximum absolute atomic E-state index is 4.70. The molecule has 2 N–H and O–H groups in total. The lowest BCUT2D eigenvalue weighted by molar-refractivity contribution is 1.14. The van der Waals surface area contributed by atoms with Gasteiger partial charge in [-0.1, -0.05) is 35.9 Å². The van der Waals surface area contributed by atoms with E-state index in [0.717, 1.165) is 39.6 Å². The van der Waals surface area contributed by atoms with Crippen LogP contribution >= 0.6 is 0 Å². The molecule has 4 rings (SSSR count). The van der Waals surface area contributed by atoms with E-state index in [1.807, 2.05) is 31.2 Å². The molecule has 0 radical (unpaired) electrons. The van der Waals surface area contributed by atoms with Crippen LogP contribution in [0.3, 0.4) is 0 Å². The van der Waals surface area contributed by atoms with Gasteiger partial charge in [-0.25, -0.2) is 9.97 Å². The second kappa shape index (κ2) is 5.09. The van der Waals surface area contributed by atoms with E-state index < -0.39 is 0 Å². The van der Waals surface area contributed by atoms with E-state index in [9.17, 15) is 0 Å². The van der Waals surface area contributed by atoms with E-state index in [0.29, 0.717) is 0 Å². The smallest absolute Gasteiger partial charge is 0.157 e. The number of fused-ring (bicyclic) bond motifs is 1. The molecule has 0 aliphatic rings. The highest BCUT2D eigenvalue weighted by Gasteiger charge is 2.17. The number of hydrogen-bond acceptors (Lipinski definition) is 2. The van der Waals surface area contributed by atoms with Crippen molar-refractivity contribution < 1.29 is 0 Å². The summed E-state index contributed by atoms with van der Waals surface area (Å²) >= 11 is 0. The van der Waals surface area contributed by atoms with Crippen molar-refractivity contribution in [1.29, 1.82) is 0 Å². The molecule has 4 nitrogen and oxygen atoms in total. The van der Waals surface area contributed by atoms with Gasteiger partial charge in [0.05, 0.1) is 16.7 Å². The summed E-state index contributed by atoms with van der Waals surface area (Å²) < 4.78 is 0. The molecule has 0 unspecified atom stereocenters. The van der Waals surface area contributed by atoms with Crippen LogP contribution in [0.4, 0.5) is 0 Å². The number of nitrogens with zero attached hydrogens (tertiary/aromatic N) is 2. The Labute approximate surface area is 134 Å². The largest absolute Gasteiger partial charge is 0.339 e. The number of imidazole rings is 2. The van der Waals surface area contributed by atoms with E-state index in [1.54, 1.807) is 0 Å². The zero-order valence-electron chi connectivity index (χ0n) is 13.4. The number of aryl methyl sites for hydroxylation is 3. The predicted molar refractivity (Wildman–Crippen MR) is 93.3 cm³/mol. The zero-order valence-corrected chi connectivity index (χ0v) is 13.4. The molecule has 0 atom stereocenters. The third kappa shape index (κ3) is 2.32. The number of aromatic amines is 2. The Morgan fingerprint density at radius 2 is 1.70 bits per heavy atom. The van der Waals surface area contributed by atoms with Gasteiger partial charge in [0.1, 0.15) is 11.5 Å². The third-order valence-corrected chi connectivity index (χ3v) is 4.09. The number of para-hydroxylation sites is 2. The number of benzene rings is 2. The number of hydrogen-bond donors (Lipinski definition) is 2. The quantitative estimate of drug-likeness (QED) is 0.571. The standard InChI is InChI=1S/C19H18N4/c1-11-8-9-14(12(2)10-11)17-18(21-13(3)20-17)19-22-15-6-4-5-7-16(15)23-19/h4-10H,1-3H3,(H,20,21)(H,22,23). The lowest BCUT2D eigenvalue weighted by Gasteiger charge is -2.06. The van der Waals surface area contributed by atoms with Gasteiger partial charge >= 0.3 is 0 Å². The predicted octanol–water partition coefficient (Wildman–Crippen LogP) is 4.55. The van der Waals surface area contributed by atoms with Crippen LogP contribution in [-0.4, -0.2) is 19.9 Å². The van der Waals surface area contributed by atoms with Crippen molar-refractivity contribution in [2.75, 3.05) is 0 Å². The van der Waals surface area contributed by atoms with Crippen molar-refractivity contribution in [2.45, 2.75) is 20.8 Å². The fourth-order valence-electron chi connectivity index (χ4n) is 3.01. The lowest BCUT2D eigenvalue weighted by atomic mass is 10.0. The Kier molecular flexibility index (Phi) is 3.05. The first kappa shape index (κ1) is 13.8. The minimum atomic E-state index is 0.821. The summed E-state index contributed by atoms with van der Waals surface area (Å²) in [5.41, 5.74) is 7.47. The fraction of sp³-hybridized carbons (Fsp3) is 0.158. The molecule has 4 heteroatoms. The van der Waals surface area contributed by atoms with Gasteiger partial charge in [-0.05, 0) is 38.5 Å². The number of H-pyrrole nitrogens is 2. The Hall–Kier alpha value is -2.88. The van der Waals surface area contributed by atoms with Crippen molar-refractivity contribution in [1.82, 2.24) is 19.9 Å². The van der Waals surface area contributed by atoms with Gasteiger partial charge < -0.3 is 9.97 Å². The van der Waals surface area contributed by atoms with Crippen LogP contribution in [0.1, 0.15) is 17.0 Å². The van der Waals surface area contributed by atoms with Gasteiger partial charge in [0, 0.05) is 5.56 Å². The van der Waals surface area contributed by atoms with Crippen molar-refractivity contribution in [3.05, 3.63) is 59.4 Å². The van der Waals surface area contributed by atoms with Crippen molar-refractivity contribution in [3.63, 3.8) is 0 Å². The summed E-state index contributed by atoms with van der Waals surface area (Å²) in [6.07, 6.45) is 0. The van der Waals surface area contributed by atoms with Gasteiger partial charge in [0.25, 0.3) is 0 Å². The average Bonchev–Trinajstić information content (AvgIpc) is 3.10. The summed E-state index contributed by atoms with van der Waals surface area (Å²) in [5, 5.41) is 0. The molecule has 0 fully saturated rings. The molecule has 0 saturated heterocycles. The topological polar surface area (TPSA) is 57.4 Å². The lowest BCUT2D eigenvalue weighted by Crippen LogP contribution is -1.89. The summed E-state index contributed by atoms with van der Waals surface area (Å²) in [6.45, 7) is 6.20. The van der Waals surface area contributed by atoms with Gasteiger partial charge in [0.15, 0.2) is 5.82 Å². The molecule has 0 saturated carbocycles. The third-order valence-electron chi connectivity index (χ3n) is 4.09. The number of rotatable bonds is 2. The van der Waals surface area contributed by atoms with Crippen LogP contribution in [0, 0.1) is 20.8 Å². The summed E-state index contributed by atoms with van der Waals surface area (Å²) in [5.74, 6) is 1.71. The molecule has 0 amide bonds. The Bertz CT molecular complexity index is 974. The molecule has 114 valence electrons. The molecule has 23 heavy (non-hydrogen) atoms. The van der Waals surface area contributed by atoms with Gasteiger partial charge in [-0.15, -0.1) is 0 Å². The second-order valence-electron chi connectivity index (χ2n) is 5.97. The van der Waals surface area contributed by atoms with E-state index in [-0.39, 0.29) is 0 Å². The van der Waals surface area contributed by atoms with Crippen LogP contribution in [0.2, 0.25) is 0 Å². The SMILES string of the molecule is Cc1ccc(-c2nc(C)[nH]c2-c2nc3ccccc3[nH]2)c(C)c1. The van der Waals surface area contributed by atoms with E-state index >= 15 is 0 Å². The summed E-state index contributed by atoms with van der Waals surface area (Å²) in [6, 6.07) is 14.5. The van der Waals surface area contributed by atoms with E-state index in [4.69, 9.17) is 9.97 Å². The van der Waals surface area contributed by atoms with E-state index in [1.165, 1.54) is 11.1 Å². The molecular formula is C19H18N4. The molecule has 4 aromatic rings. The van der Waals surface area contributed by atoms with E-state index in [2.05, 4.69) is 42.0 Å². The second-order valence-corrected chi connectivity index (χ2v) is 5.97. The van der Waals surface area contributed by atoms with Gasteiger partial charge in [-0.2, -0.15) is 0 Å². The maximum atomic E-state index is 4.70. The van der Waals surface area contributed by atoms with Gasteiger partial charge in [0.2, 0.25) is 0 Å². The Balaban J connectivity index is 1.93. The molecule has 0 aliphatic heterocycles. The first-order chi connectivity index (χ1) is 11.1. The summed E-state index contributed by atoms with van der Waals surface area (Å²) in [7, 11) is 0. The van der Waals surface area contributed by atoms with Crippen molar-refractivity contribution >= 4 is 11.0 Å². The number of aromatic nitrogens is 4.